The van der Waals surface area contributed by atoms with Crippen LogP contribution in [0.1, 0.15) is 50.8 Å². The Morgan fingerprint density at radius 2 is 1.45 bits per heavy atom. The molecule has 0 saturated carbocycles. The number of aryl methyl sites for hydroxylation is 2. The minimum atomic E-state index is -0.198. The first kappa shape index (κ1) is 16.4. The third kappa shape index (κ3) is 2.96. The van der Waals surface area contributed by atoms with Gasteiger partial charge < -0.3 is 10.2 Å². The van der Waals surface area contributed by atoms with E-state index in [9.17, 15) is 10.2 Å². The molecule has 1 aliphatic carbocycles. The Kier molecular flexibility index (Phi) is 4.23. The lowest BCUT2D eigenvalue weighted by atomic mass is 9.75. The van der Waals surface area contributed by atoms with Crippen molar-refractivity contribution in [1.82, 2.24) is 0 Å². The molecule has 0 radical (unpaired) electrons. The molecule has 0 spiro atoms. The largest absolute Gasteiger partial charge is 0.512 e. The summed E-state index contributed by atoms with van der Waals surface area (Å²) >= 11 is 0. The van der Waals surface area contributed by atoms with Gasteiger partial charge >= 0.3 is 0 Å². The molecule has 1 aromatic rings. The molecule has 2 rings (SSSR count). The average molecular weight is 298 g/mol. The van der Waals surface area contributed by atoms with E-state index >= 15 is 0 Å². The third-order valence-corrected chi connectivity index (χ3v) is 4.61. The minimum absolute atomic E-state index is 0.198. The molecular weight excluding hydrogens is 272 g/mol. The number of hydrogen-bond acceptors (Lipinski definition) is 2. The van der Waals surface area contributed by atoms with Crippen molar-refractivity contribution in [3.05, 3.63) is 63.5 Å². The molecule has 0 aliphatic heterocycles. The third-order valence-electron chi connectivity index (χ3n) is 4.61. The fourth-order valence-electron chi connectivity index (χ4n) is 2.92. The molecular formula is C20H26O2. The molecule has 0 saturated heterocycles. The summed E-state index contributed by atoms with van der Waals surface area (Å²) in [5.74, 6) is 0.812. The first-order valence-corrected chi connectivity index (χ1v) is 7.71. The maximum absolute atomic E-state index is 10.1. The maximum atomic E-state index is 10.1. The Morgan fingerprint density at radius 3 is 2.00 bits per heavy atom. The molecule has 2 nitrogen and oxygen atoms in total. The second-order valence-electron chi connectivity index (χ2n) is 6.98. The van der Waals surface area contributed by atoms with Gasteiger partial charge in [-0.15, -0.1) is 0 Å². The predicted octanol–water partition coefficient (Wildman–Crippen LogP) is 5.40. The normalized spacial score (nSPS) is 16.3. The zero-order valence-corrected chi connectivity index (χ0v) is 14.4. The monoisotopic (exact) mass is 298 g/mol. The molecule has 0 aromatic heterocycles. The molecule has 1 aromatic carbocycles. The molecule has 22 heavy (non-hydrogen) atoms. The Balaban J connectivity index is 2.59. The number of rotatable bonds is 2. The van der Waals surface area contributed by atoms with E-state index in [2.05, 4.69) is 38.1 Å². The summed E-state index contributed by atoms with van der Waals surface area (Å²) in [5, 5.41) is 20.1. The Bertz CT molecular complexity index is 677. The average Bonchev–Trinajstić information content (AvgIpc) is 2.55. The Labute approximate surface area is 133 Å². The van der Waals surface area contributed by atoms with Crippen LogP contribution >= 0.6 is 0 Å². The van der Waals surface area contributed by atoms with E-state index in [4.69, 9.17) is 0 Å². The predicted molar refractivity (Wildman–Crippen MR) is 92.4 cm³/mol. The van der Waals surface area contributed by atoms with Crippen LogP contribution in [0.2, 0.25) is 0 Å². The van der Waals surface area contributed by atoms with Crippen molar-refractivity contribution in [3.8, 4) is 5.75 Å². The molecule has 0 fully saturated rings. The number of aliphatic hydroxyl groups excluding tert-OH is 1. The lowest BCUT2D eigenvalue weighted by molar-refractivity contribution is 0.393. The molecule has 2 N–H and O–H groups in total. The standard InChI is InChI=1S/C20H26O2/c1-12-7-16(9-13(2)18(21)8-12)20(5,6)17-10-14(3)19(22)15(4)11-17/h7,9-11,21-22H,8H2,1-6H3. The minimum Gasteiger partial charge on any atom is -0.512 e. The molecule has 0 unspecified atom stereocenters. The number of aromatic hydroxyl groups is 1. The fourth-order valence-corrected chi connectivity index (χ4v) is 2.92. The van der Waals surface area contributed by atoms with Crippen molar-refractivity contribution >= 4 is 0 Å². The summed E-state index contributed by atoms with van der Waals surface area (Å²) in [5.41, 5.74) is 6.02. The molecule has 0 heterocycles. The Morgan fingerprint density at radius 1 is 0.909 bits per heavy atom. The van der Waals surface area contributed by atoms with Gasteiger partial charge in [0.25, 0.3) is 0 Å². The van der Waals surface area contributed by atoms with Crippen molar-refractivity contribution in [2.24, 2.45) is 0 Å². The number of allylic oxidation sites excluding steroid dienone is 5. The van der Waals surface area contributed by atoms with Crippen molar-refractivity contribution < 1.29 is 10.2 Å². The second kappa shape index (κ2) is 5.68. The van der Waals surface area contributed by atoms with Gasteiger partial charge in [-0.1, -0.05) is 43.7 Å². The highest BCUT2D eigenvalue weighted by molar-refractivity contribution is 5.51. The lowest BCUT2D eigenvalue weighted by Crippen LogP contribution is -2.20. The van der Waals surface area contributed by atoms with E-state index in [1.165, 1.54) is 11.1 Å². The number of hydrogen-bond donors (Lipinski definition) is 2. The van der Waals surface area contributed by atoms with Gasteiger partial charge in [0, 0.05) is 11.8 Å². The van der Waals surface area contributed by atoms with Gasteiger partial charge in [-0.05, 0) is 55.5 Å². The van der Waals surface area contributed by atoms with Crippen LogP contribution in [0.25, 0.3) is 0 Å². The summed E-state index contributed by atoms with van der Waals surface area (Å²) in [6.45, 7) is 12.2. The van der Waals surface area contributed by atoms with Gasteiger partial charge in [-0.3, -0.25) is 0 Å². The highest BCUT2D eigenvalue weighted by Gasteiger charge is 2.27. The van der Waals surface area contributed by atoms with Gasteiger partial charge in [0.05, 0.1) is 5.76 Å². The number of benzene rings is 1. The quantitative estimate of drug-likeness (QED) is 0.768. The summed E-state index contributed by atoms with van der Waals surface area (Å²) in [6.07, 6.45) is 4.85. The van der Waals surface area contributed by atoms with Crippen molar-refractivity contribution in [2.75, 3.05) is 0 Å². The topological polar surface area (TPSA) is 40.5 Å². The number of phenolic OH excluding ortho intramolecular Hbond substituents is 1. The van der Waals surface area contributed by atoms with E-state index < -0.39 is 0 Å². The highest BCUT2D eigenvalue weighted by atomic mass is 16.3. The van der Waals surface area contributed by atoms with E-state index in [0.29, 0.717) is 17.9 Å². The van der Waals surface area contributed by atoms with Crippen LogP contribution in [0.3, 0.4) is 0 Å². The van der Waals surface area contributed by atoms with Crippen molar-refractivity contribution in [1.29, 1.82) is 0 Å². The summed E-state index contributed by atoms with van der Waals surface area (Å²) in [4.78, 5) is 0. The van der Waals surface area contributed by atoms with Gasteiger partial charge in [-0.25, -0.2) is 0 Å². The van der Waals surface area contributed by atoms with Gasteiger partial charge in [0.15, 0.2) is 0 Å². The van der Waals surface area contributed by atoms with Crippen LogP contribution in [-0.2, 0) is 5.41 Å². The van der Waals surface area contributed by atoms with Crippen LogP contribution < -0.4 is 0 Å². The second-order valence-corrected chi connectivity index (χ2v) is 6.98. The molecule has 2 heteroatoms. The van der Waals surface area contributed by atoms with Crippen LogP contribution in [0.5, 0.6) is 5.75 Å². The smallest absolute Gasteiger partial charge is 0.121 e. The lowest BCUT2D eigenvalue weighted by Gasteiger charge is -2.28. The van der Waals surface area contributed by atoms with E-state index in [-0.39, 0.29) is 5.41 Å². The number of aliphatic hydroxyl groups is 1. The molecule has 1 aliphatic rings. The fraction of sp³-hybridized carbons (Fsp3) is 0.400. The van der Waals surface area contributed by atoms with Crippen LogP contribution in [0.15, 0.2) is 46.8 Å². The number of phenols is 1. The zero-order valence-electron chi connectivity index (χ0n) is 14.4. The van der Waals surface area contributed by atoms with Gasteiger partial charge in [-0.2, -0.15) is 0 Å². The van der Waals surface area contributed by atoms with Crippen LogP contribution in [0.4, 0.5) is 0 Å². The molecule has 118 valence electrons. The van der Waals surface area contributed by atoms with Gasteiger partial charge in [0.1, 0.15) is 5.75 Å². The maximum Gasteiger partial charge on any atom is 0.121 e. The SMILES string of the molecule is CC1=CC(C(C)(C)c2cc(C)c(O)c(C)c2)=CC(C)=C(O)C1. The first-order valence-electron chi connectivity index (χ1n) is 7.71. The summed E-state index contributed by atoms with van der Waals surface area (Å²) < 4.78 is 0. The summed E-state index contributed by atoms with van der Waals surface area (Å²) in [7, 11) is 0. The highest BCUT2D eigenvalue weighted by Crippen LogP contribution is 2.38. The molecule has 0 atom stereocenters. The molecule has 0 amide bonds. The van der Waals surface area contributed by atoms with Gasteiger partial charge in [0.2, 0.25) is 0 Å². The van der Waals surface area contributed by atoms with Crippen LogP contribution in [0, 0.1) is 13.8 Å². The zero-order chi connectivity index (χ0) is 16.7. The van der Waals surface area contributed by atoms with Crippen molar-refractivity contribution in [3.63, 3.8) is 0 Å². The molecule has 0 bridgehead atoms. The summed E-state index contributed by atoms with van der Waals surface area (Å²) in [6, 6.07) is 4.10. The van der Waals surface area contributed by atoms with E-state index in [1.807, 2.05) is 27.7 Å². The Hall–Kier alpha value is -1.96. The first-order chi connectivity index (χ1) is 10.1. The van der Waals surface area contributed by atoms with E-state index in [1.54, 1.807) is 0 Å². The van der Waals surface area contributed by atoms with Crippen LogP contribution in [-0.4, -0.2) is 10.2 Å². The van der Waals surface area contributed by atoms with E-state index in [0.717, 1.165) is 22.3 Å². The van der Waals surface area contributed by atoms with Crippen molar-refractivity contribution in [2.45, 2.75) is 53.4 Å².